The van der Waals surface area contributed by atoms with Gasteiger partial charge in [0.25, 0.3) is 0 Å². The summed E-state index contributed by atoms with van der Waals surface area (Å²) in [6.45, 7) is 3.57. The minimum atomic E-state index is -3.51. The smallest absolute Gasteiger partial charge is 0.242 e. The van der Waals surface area contributed by atoms with Crippen LogP contribution in [-0.4, -0.2) is 39.0 Å². The van der Waals surface area contributed by atoms with Crippen LogP contribution in [0.4, 0.5) is 5.69 Å². The molecule has 112 valence electrons. The van der Waals surface area contributed by atoms with Crippen molar-refractivity contribution in [2.75, 3.05) is 25.7 Å². The molecule has 1 rings (SSSR count). The Balaban J connectivity index is 3.26. The van der Waals surface area contributed by atoms with Gasteiger partial charge in [-0.05, 0) is 24.5 Å². The molecule has 0 fully saturated rings. The molecule has 0 heterocycles. The van der Waals surface area contributed by atoms with E-state index in [2.05, 4.69) is 5.32 Å². The topological polar surface area (TPSA) is 66.5 Å². The van der Waals surface area contributed by atoms with E-state index in [0.29, 0.717) is 5.69 Å². The second-order valence-corrected chi connectivity index (χ2v) is 7.79. The van der Waals surface area contributed by atoms with Gasteiger partial charge in [0.2, 0.25) is 15.9 Å². The number of thioether (sulfide) groups is 1. The maximum absolute atomic E-state index is 12.1. The number of benzene rings is 1. The van der Waals surface area contributed by atoms with Gasteiger partial charge < -0.3 is 5.32 Å². The summed E-state index contributed by atoms with van der Waals surface area (Å²) >= 11 is 1.45. The van der Waals surface area contributed by atoms with Gasteiger partial charge in [0, 0.05) is 24.9 Å². The summed E-state index contributed by atoms with van der Waals surface area (Å²) in [4.78, 5) is 12.8. The minimum absolute atomic E-state index is 0.139. The highest BCUT2D eigenvalue weighted by Gasteiger charge is 2.19. The Labute approximate surface area is 124 Å². The Morgan fingerprint density at radius 1 is 1.30 bits per heavy atom. The van der Waals surface area contributed by atoms with Crippen molar-refractivity contribution in [2.45, 2.75) is 23.6 Å². The monoisotopic (exact) mass is 316 g/mol. The van der Waals surface area contributed by atoms with Crippen molar-refractivity contribution in [2.24, 2.45) is 5.92 Å². The van der Waals surface area contributed by atoms with Gasteiger partial charge >= 0.3 is 0 Å². The number of amides is 1. The van der Waals surface area contributed by atoms with Gasteiger partial charge in [0.05, 0.1) is 10.6 Å². The Morgan fingerprint density at radius 2 is 1.90 bits per heavy atom. The van der Waals surface area contributed by atoms with Crippen LogP contribution in [0.1, 0.15) is 13.8 Å². The maximum Gasteiger partial charge on any atom is 0.242 e. The average molecular weight is 316 g/mol. The van der Waals surface area contributed by atoms with Crippen molar-refractivity contribution >= 4 is 33.4 Å². The normalized spacial score (nSPS) is 11.9. The number of rotatable bonds is 5. The lowest BCUT2D eigenvalue weighted by Crippen LogP contribution is -2.23. The van der Waals surface area contributed by atoms with Crippen molar-refractivity contribution in [3.63, 3.8) is 0 Å². The molecule has 0 saturated carbocycles. The molecule has 1 aromatic carbocycles. The van der Waals surface area contributed by atoms with E-state index >= 15 is 0 Å². The van der Waals surface area contributed by atoms with Crippen LogP contribution in [0.5, 0.6) is 0 Å². The predicted octanol–water partition coefficient (Wildman–Crippen LogP) is 2.25. The van der Waals surface area contributed by atoms with E-state index in [9.17, 15) is 13.2 Å². The van der Waals surface area contributed by atoms with Crippen LogP contribution in [0, 0.1) is 5.92 Å². The van der Waals surface area contributed by atoms with Gasteiger partial charge in [-0.25, -0.2) is 12.7 Å². The number of carbonyl (C=O) groups excluding carboxylic acids is 1. The third kappa shape index (κ3) is 3.74. The molecule has 0 aliphatic heterocycles. The molecule has 0 aliphatic rings. The molecule has 0 unspecified atom stereocenters. The highest BCUT2D eigenvalue weighted by atomic mass is 32.2. The van der Waals surface area contributed by atoms with Gasteiger partial charge in [0.15, 0.2) is 0 Å². The van der Waals surface area contributed by atoms with Crippen LogP contribution in [0.2, 0.25) is 0 Å². The Hall–Kier alpha value is -1.05. The van der Waals surface area contributed by atoms with E-state index < -0.39 is 10.0 Å². The molecule has 1 aromatic rings. The lowest BCUT2D eigenvalue weighted by molar-refractivity contribution is -0.118. The summed E-state index contributed by atoms with van der Waals surface area (Å²) in [5.41, 5.74) is 0.527. The summed E-state index contributed by atoms with van der Waals surface area (Å²) in [5.74, 6) is -0.307. The summed E-state index contributed by atoms with van der Waals surface area (Å²) < 4.78 is 25.4. The molecule has 0 saturated heterocycles. The van der Waals surface area contributed by atoms with E-state index in [0.717, 1.165) is 9.20 Å². The Bertz CT molecular complexity index is 596. The third-order valence-corrected chi connectivity index (χ3v) is 5.34. The number of nitrogens with zero attached hydrogens (tertiary/aromatic N) is 1. The van der Waals surface area contributed by atoms with E-state index in [1.807, 2.05) is 6.26 Å². The second kappa shape index (κ2) is 6.60. The molecule has 1 amide bonds. The number of nitrogens with one attached hydrogen (secondary N) is 1. The Morgan fingerprint density at radius 3 is 2.35 bits per heavy atom. The fraction of sp³-hybridized carbons (Fsp3) is 0.462. The lowest BCUT2D eigenvalue weighted by Gasteiger charge is -2.15. The summed E-state index contributed by atoms with van der Waals surface area (Å²) in [5, 5.41) is 2.77. The van der Waals surface area contributed by atoms with E-state index in [4.69, 9.17) is 0 Å². The van der Waals surface area contributed by atoms with Gasteiger partial charge in [-0.2, -0.15) is 0 Å². The van der Waals surface area contributed by atoms with Crippen molar-refractivity contribution in [1.29, 1.82) is 0 Å². The van der Waals surface area contributed by atoms with Crippen LogP contribution in [0.25, 0.3) is 0 Å². The van der Waals surface area contributed by atoms with E-state index in [-0.39, 0.29) is 16.7 Å². The summed E-state index contributed by atoms with van der Waals surface area (Å²) in [6, 6.07) is 4.75. The zero-order chi connectivity index (χ0) is 15.5. The lowest BCUT2D eigenvalue weighted by atomic mass is 10.2. The average Bonchev–Trinajstić information content (AvgIpc) is 2.38. The van der Waals surface area contributed by atoms with E-state index in [1.165, 1.54) is 31.9 Å². The number of sulfonamides is 1. The maximum atomic E-state index is 12.1. The number of anilines is 1. The van der Waals surface area contributed by atoms with Gasteiger partial charge in [-0.1, -0.05) is 13.8 Å². The molecule has 0 bridgehead atoms. The van der Waals surface area contributed by atoms with Gasteiger partial charge in [-0.3, -0.25) is 4.79 Å². The van der Waals surface area contributed by atoms with Crippen LogP contribution >= 0.6 is 11.8 Å². The fourth-order valence-corrected chi connectivity index (χ4v) is 2.90. The number of carbonyl (C=O) groups is 1. The zero-order valence-electron chi connectivity index (χ0n) is 12.3. The van der Waals surface area contributed by atoms with Crippen molar-refractivity contribution in [1.82, 2.24) is 4.31 Å². The zero-order valence-corrected chi connectivity index (χ0v) is 13.9. The molecule has 7 heteroatoms. The summed E-state index contributed by atoms with van der Waals surface area (Å²) in [6.07, 6.45) is 1.88. The molecule has 0 aliphatic carbocycles. The third-order valence-electron chi connectivity index (χ3n) is 2.73. The van der Waals surface area contributed by atoms with Crippen molar-refractivity contribution in [3.8, 4) is 0 Å². The van der Waals surface area contributed by atoms with Crippen LogP contribution in [0.3, 0.4) is 0 Å². The highest BCUT2D eigenvalue weighted by molar-refractivity contribution is 7.98. The Kier molecular flexibility index (Phi) is 5.61. The molecule has 1 N–H and O–H groups in total. The largest absolute Gasteiger partial charge is 0.325 e. The fourth-order valence-electron chi connectivity index (χ4n) is 1.43. The molecule has 0 aromatic heterocycles. The van der Waals surface area contributed by atoms with Gasteiger partial charge in [0.1, 0.15) is 0 Å². The minimum Gasteiger partial charge on any atom is -0.325 e. The highest BCUT2D eigenvalue weighted by Crippen LogP contribution is 2.29. The van der Waals surface area contributed by atoms with E-state index in [1.54, 1.807) is 26.0 Å². The molecule has 0 atom stereocenters. The van der Waals surface area contributed by atoms with Crippen LogP contribution in [-0.2, 0) is 14.8 Å². The first-order chi connectivity index (χ1) is 9.20. The quantitative estimate of drug-likeness (QED) is 0.846. The molecule has 0 radical (unpaired) electrons. The first kappa shape index (κ1) is 17.0. The molecule has 20 heavy (non-hydrogen) atoms. The van der Waals surface area contributed by atoms with Crippen molar-refractivity contribution in [3.05, 3.63) is 18.2 Å². The number of hydrogen-bond donors (Lipinski definition) is 1. The van der Waals surface area contributed by atoms with Gasteiger partial charge in [-0.15, -0.1) is 11.8 Å². The number of hydrogen-bond acceptors (Lipinski definition) is 4. The standard InChI is InChI=1S/C13H20N2O3S2/c1-9(2)13(16)14-11-8-10(6-7-12(11)19-5)20(17,18)15(3)4/h6-9H,1-5H3,(H,14,16). The first-order valence-electron chi connectivity index (χ1n) is 6.11. The summed E-state index contributed by atoms with van der Waals surface area (Å²) in [7, 11) is -0.555. The molecular weight excluding hydrogens is 296 g/mol. The van der Waals surface area contributed by atoms with Crippen LogP contribution in [0.15, 0.2) is 28.0 Å². The molecule has 0 spiro atoms. The van der Waals surface area contributed by atoms with Crippen molar-refractivity contribution < 1.29 is 13.2 Å². The SMILES string of the molecule is CSc1ccc(S(=O)(=O)N(C)C)cc1NC(=O)C(C)C. The first-order valence-corrected chi connectivity index (χ1v) is 8.78. The molecule has 5 nitrogen and oxygen atoms in total. The second-order valence-electron chi connectivity index (χ2n) is 4.79. The molecular formula is C13H20N2O3S2. The van der Waals surface area contributed by atoms with Crippen LogP contribution < -0.4 is 5.32 Å². The predicted molar refractivity (Wildman–Crippen MR) is 82.6 cm³/mol.